The predicted octanol–water partition coefficient (Wildman–Crippen LogP) is 6.45. The number of nitrogens with zero attached hydrogens (tertiary/aromatic N) is 4. The number of carbonyl (C=O) groups is 2. The maximum atomic E-state index is 13.5. The monoisotopic (exact) mass is 548 g/mol. The number of hydrogen-bond donors (Lipinski definition) is 2. The Morgan fingerprint density at radius 2 is 1.71 bits per heavy atom. The first kappa shape index (κ1) is 27.4. The highest BCUT2D eigenvalue weighted by Crippen LogP contribution is 2.38. The largest absolute Gasteiger partial charge is 0.505 e. The average Bonchev–Trinajstić information content (AvgIpc) is 3.29. The second-order valence-electron chi connectivity index (χ2n) is 9.67. The zero-order valence-electron chi connectivity index (χ0n) is 22.6. The molecule has 0 fully saturated rings. The molecule has 5 rings (SSSR count). The van der Waals surface area contributed by atoms with Gasteiger partial charge in [0.05, 0.1) is 24.5 Å². The topological polar surface area (TPSA) is 124 Å². The van der Waals surface area contributed by atoms with Crippen LogP contribution in [0.3, 0.4) is 0 Å². The molecule has 4 aromatic rings. The summed E-state index contributed by atoms with van der Waals surface area (Å²) in [6.07, 6.45) is 0. The molecule has 2 N–H and O–H groups in total. The van der Waals surface area contributed by atoms with Crippen molar-refractivity contribution in [1.29, 1.82) is 0 Å². The summed E-state index contributed by atoms with van der Waals surface area (Å²) in [7, 11) is 0. The van der Waals surface area contributed by atoms with Gasteiger partial charge in [-0.15, -0.1) is 0 Å². The number of azo groups is 1. The van der Waals surface area contributed by atoms with E-state index in [-0.39, 0.29) is 29.5 Å². The third-order valence-corrected chi connectivity index (χ3v) is 6.80. The molecule has 0 saturated carbocycles. The van der Waals surface area contributed by atoms with E-state index in [2.05, 4.69) is 15.3 Å². The van der Waals surface area contributed by atoms with Gasteiger partial charge in [-0.2, -0.15) is 20.3 Å². The fourth-order valence-electron chi connectivity index (χ4n) is 4.39. The first-order valence-electron chi connectivity index (χ1n) is 13.0. The van der Waals surface area contributed by atoms with Crippen molar-refractivity contribution in [3.05, 3.63) is 113 Å². The molecule has 0 bridgehead atoms. The molecule has 1 atom stereocenters. The van der Waals surface area contributed by atoms with Crippen molar-refractivity contribution in [3.63, 3.8) is 0 Å². The van der Waals surface area contributed by atoms with Crippen molar-refractivity contribution in [2.24, 2.45) is 15.3 Å². The van der Waals surface area contributed by atoms with Gasteiger partial charge in [0.15, 0.2) is 11.8 Å². The number of carboxylic acids is 1. The lowest BCUT2D eigenvalue weighted by Gasteiger charge is -2.14. The molecule has 0 aliphatic carbocycles. The van der Waals surface area contributed by atoms with Crippen LogP contribution in [-0.4, -0.2) is 40.4 Å². The molecule has 9 nitrogen and oxygen atoms in total. The summed E-state index contributed by atoms with van der Waals surface area (Å²) in [6, 6.07) is 25.4. The van der Waals surface area contributed by atoms with E-state index in [0.29, 0.717) is 29.1 Å². The quantitative estimate of drug-likeness (QED) is 0.233. The number of aryl methyl sites for hydroxylation is 2. The molecule has 206 valence electrons. The predicted molar refractivity (Wildman–Crippen MR) is 156 cm³/mol. The number of carbonyl (C=O) groups excluding carboxylic acids is 1. The van der Waals surface area contributed by atoms with Gasteiger partial charge in [-0.1, -0.05) is 60.7 Å². The summed E-state index contributed by atoms with van der Waals surface area (Å²) < 4.78 is 5.88. The van der Waals surface area contributed by atoms with E-state index in [4.69, 9.17) is 4.74 Å². The van der Waals surface area contributed by atoms with E-state index in [0.717, 1.165) is 16.7 Å². The number of hydrazone groups is 1. The molecule has 9 heteroatoms. The van der Waals surface area contributed by atoms with Crippen molar-refractivity contribution in [1.82, 2.24) is 0 Å². The lowest BCUT2D eigenvalue weighted by molar-refractivity contribution is -0.117. The van der Waals surface area contributed by atoms with Gasteiger partial charge in [-0.25, -0.2) is 4.79 Å². The minimum Gasteiger partial charge on any atom is -0.505 e. The smallest absolute Gasteiger partial charge is 0.335 e. The van der Waals surface area contributed by atoms with Gasteiger partial charge in [0, 0.05) is 5.56 Å². The van der Waals surface area contributed by atoms with Crippen LogP contribution in [0.15, 0.2) is 106 Å². The molecule has 0 spiro atoms. The molecule has 1 unspecified atom stereocenters. The van der Waals surface area contributed by atoms with Crippen molar-refractivity contribution >= 4 is 29.0 Å². The molecule has 0 radical (unpaired) electrons. The molecule has 1 aliphatic heterocycles. The van der Waals surface area contributed by atoms with Gasteiger partial charge in [0.25, 0.3) is 5.91 Å². The number of phenols is 1. The first-order valence-corrected chi connectivity index (χ1v) is 13.0. The number of rotatable bonds is 9. The van der Waals surface area contributed by atoms with Crippen molar-refractivity contribution in [2.75, 3.05) is 11.6 Å². The second-order valence-corrected chi connectivity index (χ2v) is 9.67. The number of para-hydroxylation sites is 1. The van der Waals surface area contributed by atoms with E-state index in [9.17, 15) is 19.8 Å². The highest BCUT2D eigenvalue weighted by molar-refractivity contribution is 6.19. The fourth-order valence-corrected chi connectivity index (χ4v) is 4.39. The number of aromatic carboxylic acids is 1. The molecule has 0 saturated heterocycles. The summed E-state index contributed by atoms with van der Waals surface area (Å²) in [5.74, 6) is -1.65. The van der Waals surface area contributed by atoms with E-state index >= 15 is 0 Å². The summed E-state index contributed by atoms with van der Waals surface area (Å²) in [5.41, 5.74) is 5.21. The number of ether oxygens (including phenoxy) is 1. The summed E-state index contributed by atoms with van der Waals surface area (Å²) in [4.78, 5) is 24.9. The number of carboxylic acid groups (broad SMARTS) is 1. The van der Waals surface area contributed by atoms with Crippen LogP contribution in [0.2, 0.25) is 0 Å². The normalized spacial score (nSPS) is 15.0. The van der Waals surface area contributed by atoms with Gasteiger partial charge in [-0.05, 0) is 66.4 Å². The van der Waals surface area contributed by atoms with Crippen molar-refractivity contribution in [3.8, 4) is 16.9 Å². The fraction of sp³-hybridized carbons (Fsp3) is 0.156. The molecule has 0 aromatic heterocycles. The number of benzene rings is 4. The lowest BCUT2D eigenvalue weighted by Crippen LogP contribution is -2.31. The Morgan fingerprint density at radius 1 is 0.927 bits per heavy atom. The van der Waals surface area contributed by atoms with Crippen LogP contribution in [0, 0.1) is 13.8 Å². The van der Waals surface area contributed by atoms with Crippen LogP contribution in [0.4, 0.5) is 11.4 Å². The van der Waals surface area contributed by atoms with Gasteiger partial charge >= 0.3 is 5.97 Å². The molecule has 41 heavy (non-hydrogen) atoms. The highest BCUT2D eigenvalue weighted by atomic mass is 16.5. The second kappa shape index (κ2) is 11.9. The molecule has 1 amide bonds. The third-order valence-electron chi connectivity index (χ3n) is 6.80. The molecule has 1 aliphatic rings. The van der Waals surface area contributed by atoms with Gasteiger partial charge in [-0.3, -0.25) is 4.79 Å². The van der Waals surface area contributed by atoms with Crippen molar-refractivity contribution < 1.29 is 24.5 Å². The Hall–Kier alpha value is -5.15. The average molecular weight is 549 g/mol. The van der Waals surface area contributed by atoms with E-state index < -0.39 is 12.0 Å². The minimum atomic E-state index is -1.07. The van der Waals surface area contributed by atoms with E-state index in [1.807, 2.05) is 62.4 Å². The highest BCUT2D eigenvalue weighted by Gasteiger charge is 2.37. The standard InChI is InChI=1S/C32H28N4O5/c1-20-14-15-25(16-21(20)2)36-31(38)29(28(35-36)19-41-18-22-8-4-3-5-9-22)34-33-27-13-7-12-26(30(27)37)23-10-6-11-24(17-23)32(39)40/h3-17,29,37H,18-19H2,1-2H3,(H,39,40). The Kier molecular flexibility index (Phi) is 7.98. The summed E-state index contributed by atoms with van der Waals surface area (Å²) in [5, 5.41) is 34.7. The first-order chi connectivity index (χ1) is 19.8. The third kappa shape index (κ3) is 6.05. The Labute approximate surface area is 237 Å². The van der Waals surface area contributed by atoms with Gasteiger partial charge in [0.1, 0.15) is 11.4 Å². The lowest BCUT2D eigenvalue weighted by atomic mass is 10.0. The molecular weight excluding hydrogens is 520 g/mol. The Morgan fingerprint density at radius 3 is 2.46 bits per heavy atom. The number of hydrogen-bond acceptors (Lipinski definition) is 7. The summed E-state index contributed by atoms with van der Waals surface area (Å²) >= 11 is 0. The minimum absolute atomic E-state index is 0.0552. The van der Waals surface area contributed by atoms with Crippen LogP contribution in [0.1, 0.15) is 27.0 Å². The number of phenolic OH excluding ortho intramolecular Hbond substituents is 1. The van der Waals surface area contributed by atoms with Crippen molar-refractivity contribution in [2.45, 2.75) is 26.5 Å². The Balaban J connectivity index is 1.43. The Bertz CT molecular complexity index is 1670. The maximum Gasteiger partial charge on any atom is 0.335 e. The van der Waals surface area contributed by atoms with Crippen LogP contribution in [0.25, 0.3) is 11.1 Å². The van der Waals surface area contributed by atoms with Gasteiger partial charge in [0.2, 0.25) is 0 Å². The van der Waals surface area contributed by atoms with Crippen LogP contribution >= 0.6 is 0 Å². The van der Waals surface area contributed by atoms with Crippen LogP contribution < -0.4 is 5.01 Å². The van der Waals surface area contributed by atoms with Gasteiger partial charge < -0.3 is 14.9 Å². The number of anilines is 1. The maximum absolute atomic E-state index is 13.5. The number of amides is 1. The summed E-state index contributed by atoms with van der Waals surface area (Å²) in [6.45, 7) is 4.35. The van der Waals surface area contributed by atoms with Crippen LogP contribution in [0.5, 0.6) is 5.75 Å². The van der Waals surface area contributed by atoms with E-state index in [1.165, 1.54) is 17.1 Å². The zero-order chi connectivity index (χ0) is 28.9. The molecule has 4 aromatic carbocycles. The van der Waals surface area contributed by atoms with Crippen LogP contribution in [-0.2, 0) is 16.1 Å². The molecule has 1 heterocycles. The molecular formula is C32H28N4O5. The van der Waals surface area contributed by atoms with E-state index in [1.54, 1.807) is 30.3 Å². The zero-order valence-corrected chi connectivity index (χ0v) is 22.6. The number of aromatic hydroxyl groups is 1. The SMILES string of the molecule is Cc1ccc(N2N=C(COCc3ccccc3)C(N=Nc3cccc(-c4cccc(C(=O)O)c4)c3O)C2=O)cc1C.